The van der Waals surface area contributed by atoms with Gasteiger partial charge in [0.1, 0.15) is 0 Å². The summed E-state index contributed by atoms with van der Waals surface area (Å²) >= 11 is 0. The van der Waals surface area contributed by atoms with Gasteiger partial charge in [-0.2, -0.15) is 0 Å². The molecule has 7 nitrogen and oxygen atoms in total. The SMILES string of the molecule is CCN(CC)CCNC1CCC(N/C=C\N(C=O)C2=CC[C@H](OC3CCCC3)N=C2)CC1. The number of allylic oxidation sites excluding steroid dienone is 1. The van der Waals surface area contributed by atoms with Crippen molar-refractivity contribution in [1.82, 2.24) is 20.4 Å². The summed E-state index contributed by atoms with van der Waals surface area (Å²) in [6.45, 7) is 8.89. The maximum absolute atomic E-state index is 11.6. The van der Waals surface area contributed by atoms with Crippen LogP contribution in [0.5, 0.6) is 0 Å². The van der Waals surface area contributed by atoms with Gasteiger partial charge in [-0.1, -0.05) is 32.8 Å². The van der Waals surface area contributed by atoms with E-state index in [4.69, 9.17) is 4.74 Å². The third-order valence-corrected chi connectivity index (χ3v) is 7.01. The van der Waals surface area contributed by atoms with Gasteiger partial charge in [-0.3, -0.25) is 14.7 Å². The number of nitrogens with zero attached hydrogens (tertiary/aromatic N) is 3. The molecular formula is C25H43N5O2. The molecule has 1 aliphatic heterocycles. The Labute approximate surface area is 194 Å². The monoisotopic (exact) mass is 445 g/mol. The van der Waals surface area contributed by atoms with Gasteiger partial charge in [0, 0.05) is 50.2 Å². The maximum atomic E-state index is 11.6. The van der Waals surface area contributed by atoms with E-state index in [1.165, 1.54) is 25.7 Å². The van der Waals surface area contributed by atoms with Crippen LogP contribution < -0.4 is 10.6 Å². The van der Waals surface area contributed by atoms with Gasteiger partial charge in [-0.15, -0.1) is 0 Å². The molecule has 180 valence electrons. The van der Waals surface area contributed by atoms with Crippen LogP contribution in [0.4, 0.5) is 0 Å². The van der Waals surface area contributed by atoms with E-state index >= 15 is 0 Å². The largest absolute Gasteiger partial charge is 0.387 e. The zero-order valence-electron chi connectivity index (χ0n) is 20.0. The molecule has 0 aromatic heterocycles. The number of ether oxygens (including phenoxy) is 1. The lowest BCUT2D eigenvalue weighted by atomic mass is 9.91. The fourth-order valence-electron chi connectivity index (χ4n) is 4.88. The van der Waals surface area contributed by atoms with Crippen molar-refractivity contribution in [3.63, 3.8) is 0 Å². The van der Waals surface area contributed by atoms with Crippen LogP contribution in [0.1, 0.15) is 71.6 Å². The first-order chi connectivity index (χ1) is 15.7. The number of hydrogen-bond acceptors (Lipinski definition) is 6. The lowest BCUT2D eigenvalue weighted by molar-refractivity contribution is -0.114. The van der Waals surface area contributed by atoms with Crippen LogP contribution in [0.2, 0.25) is 0 Å². The third kappa shape index (κ3) is 8.01. The first-order valence-corrected chi connectivity index (χ1v) is 12.7. The predicted molar refractivity (Wildman–Crippen MR) is 130 cm³/mol. The van der Waals surface area contributed by atoms with Gasteiger partial charge in [0.15, 0.2) is 6.23 Å². The number of nitrogens with one attached hydrogen (secondary N) is 2. The van der Waals surface area contributed by atoms with Crippen molar-refractivity contribution in [2.75, 3.05) is 26.2 Å². The summed E-state index contributed by atoms with van der Waals surface area (Å²) in [5, 5.41) is 7.20. The smallest absolute Gasteiger partial charge is 0.218 e. The van der Waals surface area contributed by atoms with Crippen molar-refractivity contribution in [1.29, 1.82) is 0 Å². The highest BCUT2D eigenvalue weighted by molar-refractivity contribution is 5.82. The molecule has 1 amide bonds. The van der Waals surface area contributed by atoms with Crippen molar-refractivity contribution < 1.29 is 9.53 Å². The van der Waals surface area contributed by atoms with E-state index in [2.05, 4.69) is 34.4 Å². The molecule has 0 aromatic carbocycles. The molecule has 0 spiro atoms. The van der Waals surface area contributed by atoms with Crippen molar-refractivity contribution in [3.8, 4) is 0 Å². The molecule has 1 atom stereocenters. The van der Waals surface area contributed by atoms with Gasteiger partial charge in [0.2, 0.25) is 6.41 Å². The number of likely N-dealkylation sites (N-methyl/N-ethyl adjacent to an activating group) is 1. The summed E-state index contributed by atoms with van der Waals surface area (Å²) in [5.74, 6) is 0. The quantitative estimate of drug-likeness (QED) is 0.425. The van der Waals surface area contributed by atoms with E-state index in [-0.39, 0.29) is 6.23 Å². The van der Waals surface area contributed by atoms with Crippen molar-refractivity contribution in [3.05, 3.63) is 24.2 Å². The highest BCUT2D eigenvalue weighted by atomic mass is 16.5. The topological polar surface area (TPSA) is 69.2 Å². The highest BCUT2D eigenvalue weighted by Gasteiger charge is 2.22. The number of amides is 1. The Bertz CT molecular complexity index is 632. The van der Waals surface area contributed by atoms with Gasteiger partial charge < -0.3 is 20.3 Å². The Morgan fingerprint density at radius 2 is 1.81 bits per heavy atom. The van der Waals surface area contributed by atoms with Crippen LogP contribution in [0.15, 0.2) is 29.2 Å². The van der Waals surface area contributed by atoms with E-state index in [0.29, 0.717) is 18.2 Å². The number of carbonyl (C=O) groups excluding carboxylic acids is 1. The van der Waals surface area contributed by atoms with Crippen LogP contribution >= 0.6 is 0 Å². The molecule has 2 saturated carbocycles. The van der Waals surface area contributed by atoms with Crippen LogP contribution in [0.25, 0.3) is 0 Å². The Morgan fingerprint density at radius 1 is 1.09 bits per heavy atom. The summed E-state index contributed by atoms with van der Waals surface area (Å²) in [5.41, 5.74) is 0.811. The molecule has 0 unspecified atom stereocenters. The highest BCUT2D eigenvalue weighted by Crippen LogP contribution is 2.24. The van der Waals surface area contributed by atoms with Crippen molar-refractivity contribution in [2.24, 2.45) is 4.99 Å². The van der Waals surface area contributed by atoms with E-state index in [1.807, 2.05) is 12.3 Å². The Kier molecular flexibility index (Phi) is 10.7. The van der Waals surface area contributed by atoms with E-state index in [9.17, 15) is 4.79 Å². The standard InChI is InChI=1S/C25H43N5O2/c1-3-29(4-2)17-15-26-21-9-11-22(12-10-21)27-16-18-30(20-31)23-13-14-25(28-19-23)32-24-7-5-6-8-24/h13,16,18-22,24-27H,3-12,14-15,17H2,1-2H3/b18-16-/t21?,22?,25-/m0/s1. The second kappa shape index (κ2) is 13.8. The average Bonchev–Trinajstić information content (AvgIpc) is 3.34. The van der Waals surface area contributed by atoms with E-state index in [1.54, 1.807) is 17.3 Å². The summed E-state index contributed by atoms with van der Waals surface area (Å²) in [6.07, 6.45) is 18.8. The van der Waals surface area contributed by atoms with Gasteiger partial charge in [-0.25, -0.2) is 0 Å². The summed E-state index contributed by atoms with van der Waals surface area (Å²) in [7, 11) is 0. The van der Waals surface area contributed by atoms with Crippen LogP contribution in [0.3, 0.4) is 0 Å². The fraction of sp³-hybridized carbons (Fsp3) is 0.760. The summed E-state index contributed by atoms with van der Waals surface area (Å²) in [6, 6.07) is 1.10. The molecule has 32 heavy (non-hydrogen) atoms. The second-order valence-corrected chi connectivity index (χ2v) is 9.16. The number of aliphatic imine (C=N–C) groups is 1. The molecule has 7 heteroatoms. The minimum Gasteiger partial charge on any atom is -0.387 e. The minimum atomic E-state index is -0.103. The van der Waals surface area contributed by atoms with E-state index < -0.39 is 0 Å². The fourth-order valence-corrected chi connectivity index (χ4v) is 4.88. The lowest BCUT2D eigenvalue weighted by Gasteiger charge is -2.30. The molecular weight excluding hydrogens is 402 g/mol. The molecule has 0 bridgehead atoms. The van der Waals surface area contributed by atoms with Crippen LogP contribution in [0, 0.1) is 0 Å². The lowest BCUT2D eigenvalue weighted by Crippen LogP contribution is -2.41. The Morgan fingerprint density at radius 3 is 2.44 bits per heavy atom. The molecule has 0 radical (unpaired) electrons. The van der Waals surface area contributed by atoms with Crippen molar-refractivity contribution >= 4 is 12.6 Å². The Hall–Kier alpha value is -1.70. The zero-order valence-corrected chi connectivity index (χ0v) is 20.0. The molecule has 3 aliphatic rings. The molecule has 1 heterocycles. The summed E-state index contributed by atoms with van der Waals surface area (Å²) < 4.78 is 6.04. The molecule has 3 rings (SSSR count). The molecule has 2 aliphatic carbocycles. The normalized spacial score (nSPS) is 26.6. The van der Waals surface area contributed by atoms with Gasteiger partial charge in [-0.05, 0) is 51.6 Å². The Balaban J connectivity index is 1.33. The zero-order chi connectivity index (χ0) is 22.6. The van der Waals surface area contributed by atoms with E-state index in [0.717, 1.165) is 70.4 Å². The summed E-state index contributed by atoms with van der Waals surface area (Å²) in [4.78, 5) is 20.1. The minimum absolute atomic E-state index is 0.103. The first-order valence-electron chi connectivity index (χ1n) is 12.7. The second-order valence-electron chi connectivity index (χ2n) is 9.16. The van der Waals surface area contributed by atoms with Gasteiger partial charge in [0.05, 0.1) is 11.8 Å². The van der Waals surface area contributed by atoms with Crippen LogP contribution in [-0.2, 0) is 9.53 Å². The van der Waals surface area contributed by atoms with Crippen molar-refractivity contribution in [2.45, 2.75) is 96.1 Å². The number of dihydropyridines is 1. The average molecular weight is 446 g/mol. The third-order valence-electron chi connectivity index (χ3n) is 7.01. The van der Waals surface area contributed by atoms with Gasteiger partial charge in [0.25, 0.3) is 0 Å². The molecule has 2 N–H and O–H groups in total. The maximum Gasteiger partial charge on any atom is 0.218 e. The number of carbonyl (C=O) groups is 1. The number of hydrogen-bond donors (Lipinski definition) is 2. The van der Waals surface area contributed by atoms with Gasteiger partial charge >= 0.3 is 0 Å². The molecule has 2 fully saturated rings. The molecule has 0 saturated heterocycles. The first kappa shape index (κ1) is 24.9. The van der Waals surface area contributed by atoms with Crippen LogP contribution in [-0.4, -0.2) is 73.0 Å². The number of rotatable bonds is 13. The predicted octanol–water partition coefficient (Wildman–Crippen LogP) is 3.39. The molecule has 0 aromatic rings.